The minimum Gasteiger partial charge on any atom is -0.454 e. The van der Waals surface area contributed by atoms with Crippen LogP contribution < -0.4 is 9.47 Å². The van der Waals surface area contributed by atoms with Crippen molar-refractivity contribution in [3.05, 3.63) is 23.3 Å². The summed E-state index contributed by atoms with van der Waals surface area (Å²) in [5, 5.41) is 0. The number of unbranched alkanes of at least 4 members (excludes halogenated alkanes) is 1. The van der Waals surface area contributed by atoms with Gasteiger partial charge in [-0.15, -0.1) is 0 Å². The van der Waals surface area contributed by atoms with Crippen molar-refractivity contribution in [2.45, 2.75) is 46.1 Å². The number of ether oxygens (including phenoxy) is 5. The first kappa shape index (κ1) is 25.8. The molecule has 0 atom stereocenters. The number of fused-ring (bicyclic) bond motifs is 1. The van der Waals surface area contributed by atoms with Gasteiger partial charge in [0.25, 0.3) is 0 Å². The Morgan fingerprint density at radius 1 is 0.769 bits per heavy atom. The Bertz CT molecular complexity index is 485. The van der Waals surface area contributed by atoms with E-state index in [0.717, 1.165) is 43.8 Å². The Balaban J connectivity index is 0.00000312. The molecule has 26 heavy (non-hydrogen) atoms. The third kappa shape index (κ3) is 9.11. The summed E-state index contributed by atoms with van der Waals surface area (Å²) in [6.07, 6.45) is 4.38. The zero-order chi connectivity index (χ0) is 17.0. The van der Waals surface area contributed by atoms with Crippen LogP contribution >= 0.6 is 0 Å². The first-order valence-corrected chi connectivity index (χ1v) is 8.99. The summed E-state index contributed by atoms with van der Waals surface area (Å²) in [5.74, 6) is 1.66. The maximum atomic E-state index is 5.75. The summed E-state index contributed by atoms with van der Waals surface area (Å²) in [6.45, 7) is 8.47. The third-order valence-electron chi connectivity index (χ3n) is 3.86. The molecule has 5 nitrogen and oxygen atoms in total. The largest absolute Gasteiger partial charge is 3.00 e. The molecule has 1 heterocycles. The van der Waals surface area contributed by atoms with Gasteiger partial charge in [-0.05, 0) is 36.1 Å². The number of aryl methyl sites for hydroxylation is 1. The molecule has 2 rings (SSSR count). The van der Waals surface area contributed by atoms with Crippen LogP contribution in [0.3, 0.4) is 0 Å². The Kier molecular flexibility index (Phi) is 15.6. The zero-order valence-corrected chi connectivity index (χ0v) is 18.4. The van der Waals surface area contributed by atoms with Crippen molar-refractivity contribution in [1.82, 2.24) is 0 Å². The fourth-order valence-electron chi connectivity index (χ4n) is 2.53. The molecule has 0 fully saturated rings. The van der Waals surface area contributed by atoms with E-state index < -0.39 is 0 Å². The molecule has 0 aliphatic carbocycles. The van der Waals surface area contributed by atoms with Crippen LogP contribution in [0.25, 0.3) is 0 Å². The Morgan fingerprint density at radius 3 is 1.96 bits per heavy atom. The number of hydrogen-bond acceptors (Lipinski definition) is 5. The summed E-state index contributed by atoms with van der Waals surface area (Å²) < 4.78 is 27.6. The van der Waals surface area contributed by atoms with Crippen LogP contribution in [0.15, 0.2) is 12.1 Å². The minimum absolute atomic E-state index is 0. The van der Waals surface area contributed by atoms with Gasteiger partial charge in [-0.25, -0.2) is 0 Å². The van der Waals surface area contributed by atoms with E-state index in [1.54, 1.807) is 0 Å². The number of benzene rings is 1. The Morgan fingerprint density at radius 2 is 1.35 bits per heavy atom. The average Bonchev–Trinajstić information content (AvgIpc) is 3.04. The van der Waals surface area contributed by atoms with E-state index in [0.29, 0.717) is 39.8 Å². The van der Waals surface area contributed by atoms with Crippen LogP contribution in [-0.2, 0) is 27.2 Å². The molecule has 1 aromatic carbocycles. The minimum atomic E-state index is 0. The van der Waals surface area contributed by atoms with Crippen LogP contribution in [0.1, 0.15) is 44.2 Å². The van der Waals surface area contributed by atoms with Gasteiger partial charge >= 0.3 is 34.7 Å². The maximum absolute atomic E-state index is 5.75. The molecule has 136 valence electrons. The smallest absolute Gasteiger partial charge is 0.454 e. The second kappa shape index (κ2) is 15.8. The molecule has 0 aromatic heterocycles. The van der Waals surface area contributed by atoms with Crippen molar-refractivity contribution >= 4 is 34.7 Å². The van der Waals surface area contributed by atoms with E-state index in [-0.39, 0.29) is 34.7 Å². The predicted molar refractivity (Wildman–Crippen MR) is 104 cm³/mol. The van der Waals surface area contributed by atoms with Gasteiger partial charge in [-0.1, -0.05) is 26.7 Å². The predicted octanol–water partition coefficient (Wildman–Crippen LogP) is 2.96. The zero-order valence-electron chi connectivity index (χ0n) is 16.1. The monoisotopic (exact) mass is 392 g/mol. The molecule has 0 N–H and O–H groups in total. The van der Waals surface area contributed by atoms with Crippen LogP contribution in [0, 0.1) is 0 Å². The van der Waals surface area contributed by atoms with Gasteiger partial charge in [0, 0.05) is 6.61 Å². The summed E-state index contributed by atoms with van der Waals surface area (Å²) >= 11 is 0. The first-order chi connectivity index (χ1) is 11.8. The molecule has 0 amide bonds. The van der Waals surface area contributed by atoms with Crippen molar-refractivity contribution in [2.75, 3.05) is 39.8 Å². The molecular weight excluding hydrogens is 362 g/mol. The van der Waals surface area contributed by atoms with Gasteiger partial charge in [0.2, 0.25) is 6.79 Å². The Hall–Kier alpha value is -0.235. The molecule has 0 saturated heterocycles. The molecular formula is C19H30Al2O5+6. The molecule has 0 spiro atoms. The number of rotatable bonds is 13. The van der Waals surface area contributed by atoms with Gasteiger partial charge in [0.1, 0.15) is 0 Å². The van der Waals surface area contributed by atoms with Gasteiger partial charge in [0.15, 0.2) is 11.5 Å². The van der Waals surface area contributed by atoms with Crippen molar-refractivity contribution < 1.29 is 23.7 Å². The normalized spacial score (nSPS) is 11.8. The third-order valence-corrected chi connectivity index (χ3v) is 3.86. The average molecular weight is 392 g/mol. The molecule has 0 unspecified atom stereocenters. The quantitative estimate of drug-likeness (QED) is 0.382. The molecule has 1 aliphatic heterocycles. The van der Waals surface area contributed by atoms with Gasteiger partial charge in [-0.3, -0.25) is 0 Å². The summed E-state index contributed by atoms with van der Waals surface area (Å²) in [4.78, 5) is 0. The SMILES string of the molecule is CCCCOCCOCCOCc1cc2c(cc1CCC)OCO2.[Al+3].[Al+3]. The maximum Gasteiger partial charge on any atom is 3.00 e. The van der Waals surface area contributed by atoms with E-state index in [9.17, 15) is 0 Å². The standard InChI is InChI=1S/C19H30O5.2Al/c1-3-5-7-20-8-9-21-10-11-22-14-17-13-19-18(23-15-24-19)12-16(17)6-4-2;;/h12-13H,3-11,14-15H2,1-2H3;;/q;2*+3. The molecule has 0 saturated carbocycles. The van der Waals surface area contributed by atoms with Crippen LogP contribution in [-0.4, -0.2) is 74.5 Å². The summed E-state index contributed by atoms with van der Waals surface area (Å²) in [7, 11) is 0. The van der Waals surface area contributed by atoms with E-state index >= 15 is 0 Å². The van der Waals surface area contributed by atoms with Crippen LogP contribution in [0.4, 0.5) is 0 Å². The molecule has 7 heteroatoms. The van der Waals surface area contributed by atoms with Crippen LogP contribution in [0.2, 0.25) is 0 Å². The second-order valence-electron chi connectivity index (χ2n) is 5.86. The molecule has 1 aromatic rings. The summed E-state index contributed by atoms with van der Waals surface area (Å²) in [6, 6.07) is 4.12. The first-order valence-electron chi connectivity index (χ1n) is 8.99. The van der Waals surface area contributed by atoms with Crippen molar-refractivity contribution in [2.24, 2.45) is 0 Å². The fraction of sp³-hybridized carbons (Fsp3) is 0.684. The molecule has 0 radical (unpaired) electrons. The summed E-state index contributed by atoms with van der Waals surface area (Å²) in [5.41, 5.74) is 2.44. The molecule has 1 aliphatic rings. The van der Waals surface area contributed by atoms with E-state index in [1.807, 2.05) is 6.07 Å². The van der Waals surface area contributed by atoms with E-state index in [4.69, 9.17) is 23.7 Å². The fourth-order valence-corrected chi connectivity index (χ4v) is 2.53. The van der Waals surface area contributed by atoms with Crippen molar-refractivity contribution in [3.63, 3.8) is 0 Å². The molecule has 0 bridgehead atoms. The Labute approximate surface area is 178 Å². The second-order valence-corrected chi connectivity index (χ2v) is 5.86. The topological polar surface area (TPSA) is 46.2 Å². The van der Waals surface area contributed by atoms with Gasteiger partial charge in [0.05, 0.1) is 33.0 Å². The van der Waals surface area contributed by atoms with E-state index in [2.05, 4.69) is 19.9 Å². The van der Waals surface area contributed by atoms with Crippen molar-refractivity contribution in [1.29, 1.82) is 0 Å². The van der Waals surface area contributed by atoms with Crippen molar-refractivity contribution in [3.8, 4) is 11.5 Å². The van der Waals surface area contributed by atoms with E-state index in [1.165, 1.54) is 11.1 Å². The van der Waals surface area contributed by atoms with Gasteiger partial charge < -0.3 is 23.7 Å². The number of hydrogen-bond donors (Lipinski definition) is 0. The van der Waals surface area contributed by atoms with Crippen LogP contribution in [0.5, 0.6) is 11.5 Å². The van der Waals surface area contributed by atoms with Gasteiger partial charge in [-0.2, -0.15) is 0 Å².